The van der Waals surface area contributed by atoms with Crippen LogP contribution in [0.2, 0.25) is 13.1 Å². The number of rotatable bonds is 3. The quantitative estimate of drug-likeness (QED) is 0.532. The molecule has 1 nitrogen and oxygen atoms in total. The second-order valence-electron chi connectivity index (χ2n) is 6.93. The topological polar surface area (TPSA) is 9.23 Å². The van der Waals surface area contributed by atoms with Crippen molar-refractivity contribution in [2.75, 3.05) is 7.11 Å². The van der Waals surface area contributed by atoms with Crippen molar-refractivity contribution in [2.45, 2.75) is 20.3 Å². The Labute approximate surface area is 161 Å². The van der Waals surface area contributed by atoms with Gasteiger partial charge in [0, 0.05) is 0 Å². The first-order chi connectivity index (χ1) is 11.7. The van der Waals surface area contributed by atoms with Gasteiger partial charge >= 0.3 is 150 Å². The molecule has 0 fully saturated rings. The van der Waals surface area contributed by atoms with Gasteiger partial charge < -0.3 is 0 Å². The zero-order chi connectivity index (χ0) is 16.7. The number of hydrogen-bond donors (Lipinski definition) is 0. The molecule has 2 aromatic rings. The molecule has 4 rings (SSSR count). The van der Waals surface area contributed by atoms with E-state index in [0.29, 0.717) is 7.25 Å². The summed E-state index contributed by atoms with van der Waals surface area (Å²) in [5, 5.41) is 0. The second-order valence-corrected chi connectivity index (χ2v) is 28.9. The Morgan fingerprint density at radius 3 is 1.64 bits per heavy atom. The fourth-order valence-electron chi connectivity index (χ4n) is 4.52. The molecule has 25 heavy (non-hydrogen) atoms. The van der Waals surface area contributed by atoms with Crippen LogP contribution in [0.1, 0.15) is 29.5 Å². The summed E-state index contributed by atoms with van der Waals surface area (Å²) in [7, 11) is 2.00. The Morgan fingerprint density at radius 1 is 0.800 bits per heavy atom. The van der Waals surface area contributed by atoms with E-state index in [1.807, 2.05) is 7.11 Å². The molecular weight excluding hydrogens is 423 g/mol. The Hall–Kier alpha value is -0.730. The van der Waals surface area contributed by atoms with Gasteiger partial charge in [-0.05, 0) is 0 Å². The van der Waals surface area contributed by atoms with Gasteiger partial charge in [-0.3, -0.25) is 0 Å². The molecule has 2 unspecified atom stereocenters. The van der Waals surface area contributed by atoms with E-state index >= 15 is 0 Å². The van der Waals surface area contributed by atoms with Crippen LogP contribution in [0, 0.1) is 0 Å². The normalized spacial score (nSPS) is 22.0. The standard InChI is InChI=1S/2C9H7.C2H6Si.CH3O.ClH.Zr/c2*1-2-5-9-7-3-6-8(9)4-1;1-3-2;1-2;;/h2*1-7H;1-2H3;1H3;1H;/q;;;-1;;+1. The van der Waals surface area contributed by atoms with Crippen molar-refractivity contribution in [3.8, 4) is 0 Å². The van der Waals surface area contributed by atoms with Crippen molar-refractivity contribution < 1.29 is 22.1 Å². The van der Waals surface area contributed by atoms with Crippen LogP contribution in [-0.4, -0.2) is 12.5 Å². The monoisotopic (exact) mass is 445 g/mol. The van der Waals surface area contributed by atoms with E-state index in [1.165, 1.54) is 22.3 Å². The molecular formula is C21H24ClOSiZr. The Bertz CT molecular complexity index is 846. The van der Waals surface area contributed by atoms with Crippen LogP contribution in [0.15, 0.2) is 60.7 Å². The summed E-state index contributed by atoms with van der Waals surface area (Å²) in [6.45, 7) is 4.96. The maximum atomic E-state index is 6.63. The molecule has 0 saturated heterocycles. The summed E-state index contributed by atoms with van der Waals surface area (Å²) in [6.07, 6.45) is 9.55. The molecule has 129 valence electrons. The number of hydrogen-bond acceptors (Lipinski definition) is 1. The molecule has 2 aromatic carbocycles. The molecule has 2 aliphatic rings. The Kier molecular flexibility index (Phi) is 5.70. The average molecular weight is 447 g/mol. The maximum absolute atomic E-state index is 6.63. The molecule has 0 N–H and O–H groups in total. The van der Waals surface area contributed by atoms with Gasteiger partial charge in [0.2, 0.25) is 0 Å². The van der Waals surface area contributed by atoms with E-state index in [1.54, 1.807) is 0 Å². The molecule has 0 radical (unpaired) electrons. The van der Waals surface area contributed by atoms with E-state index in [2.05, 4.69) is 85.9 Å². The van der Waals surface area contributed by atoms with E-state index in [0.717, 1.165) is 0 Å². The van der Waals surface area contributed by atoms with Gasteiger partial charge in [-0.2, -0.15) is 0 Å². The van der Waals surface area contributed by atoms with Gasteiger partial charge in [0.15, 0.2) is 0 Å². The molecule has 0 spiro atoms. The minimum Gasteiger partial charge on any atom is -0.147 e. The zero-order valence-electron chi connectivity index (χ0n) is 14.9. The fraction of sp³-hybridized carbons (Fsp3) is 0.238. The molecule has 0 aromatic heterocycles. The van der Waals surface area contributed by atoms with Crippen LogP contribution in [0.5, 0.6) is 0 Å². The smallest absolute Gasteiger partial charge is 0.147 e. The summed E-state index contributed by atoms with van der Waals surface area (Å²) in [5.74, 6) is 0. The third kappa shape index (κ3) is 2.90. The van der Waals surface area contributed by atoms with Gasteiger partial charge in [0.25, 0.3) is 0 Å². The summed E-state index contributed by atoms with van der Waals surface area (Å²) < 4.78 is 7.67. The molecule has 2 aliphatic carbocycles. The molecule has 0 bridgehead atoms. The summed E-state index contributed by atoms with van der Waals surface area (Å²) >= 11 is -3.01. The Morgan fingerprint density at radius 2 is 1.24 bits per heavy atom. The molecule has 0 heterocycles. The summed E-state index contributed by atoms with van der Waals surface area (Å²) in [6, 6.07) is 17.8. The number of benzene rings is 2. The largest absolute Gasteiger partial charge is 0.147 e. The molecule has 0 amide bonds. The van der Waals surface area contributed by atoms with Crippen LogP contribution >= 0.6 is 12.4 Å². The first-order valence-electron chi connectivity index (χ1n) is 8.58. The third-order valence-electron chi connectivity index (χ3n) is 5.64. The van der Waals surface area contributed by atoms with Gasteiger partial charge in [-0.25, -0.2) is 0 Å². The van der Waals surface area contributed by atoms with Crippen LogP contribution < -0.4 is 0 Å². The van der Waals surface area contributed by atoms with Gasteiger partial charge in [-0.1, -0.05) is 0 Å². The summed E-state index contributed by atoms with van der Waals surface area (Å²) in [5.41, 5.74) is 5.23. The first kappa shape index (κ1) is 19.0. The maximum Gasteiger partial charge on any atom is -0.147 e. The minimum absolute atomic E-state index is 0. The predicted octanol–water partition coefficient (Wildman–Crippen LogP) is 5.91. The summed E-state index contributed by atoms with van der Waals surface area (Å²) in [4.78, 5) is 0. The molecule has 0 aliphatic heterocycles. The van der Waals surface area contributed by atoms with Gasteiger partial charge in [-0.15, -0.1) is 12.4 Å². The van der Waals surface area contributed by atoms with Crippen molar-refractivity contribution in [3.63, 3.8) is 0 Å². The molecule has 2 atom stereocenters. The zero-order valence-corrected chi connectivity index (χ0v) is 19.2. The minimum atomic E-state index is -3.01. The van der Waals surface area contributed by atoms with Crippen molar-refractivity contribution in [2.24, 2.45) is 0 Å². The molecule has 0 saturated carbocycles. The Balaban J connectivity index is 0.00000182. The van der Waals surface area contributed by atoms with E-state index in [-0.39, 0.29) is 12.4 Å². The van der Waals surface area contributed by atoms with Crippen molar-refractivity contribution in [1.82, 2.24) is 0 Å². The fourth-order valence-corrected chi connectivity index (χ4v) is 29.0. The van der Waals surface area contributed by atoms with Crippen LogP contribution in [0.25, 0.3) is 12.2 Å². The van der Waals surface area contributed by atoms with Crippen molar-refractivity contribution in [1.29, 1.82) is 0 Å². The van der Waals surface area contributed by atoms with E-state index < -0.39 is 24.8 Å². The first-order valence-corrected chi connectivity index (χ1v) is 18.6. The second kappa shape index (κ2) is 7.48. The SMILES string of the molecule is C[O][Zr]([CH]1C=Cc2ccccc21)([CH]1C=Cc2ccccc21)=[Si](C)C.Cl. The van der Waals surface area contributed by atoms with Crippen molar-refractivity contribution in [3.05, 3.63) is 82.9 Å². The van der Waals surface area contributed by atoms with Crippen molar-refractivity contribution >= 4 is 30.0 Å². The average Bonchev–Trinajstić information content (AvgIpc) is 3.22. The molecule has 4 heteroatoms. The van der Waals surface area contributed by atoms with Crippen LogP contribution in [0.3, 0.4) is 0 Å². The van der Waals surface area contributed by atoms with Gasteiger partial charge in [0.1, 0.15) is 0 Å². The van der Waals surface area contributed by atoms with Crippen LogP contribution in [-0.2, 0) is 22.1 Å². The number of allylic oxidation sites excluding steroid dienone is 2. The number of fused-ring (bicyclic) bond motifs is 2. The van der Waals surface area contributed by atoms with E-state index in [4.69, 9.17) is 2.81 Å². The predicted molar refractivity (Wildman–Crippen MR) is 108 cm³/mol. The van der Waals surface area contributed by atoms with Gasteiger partial charge in [0.05, 0.1) is 0 Å². The van der Waals surface area contributed by atoms with Crippen LogP contribution in [0.4, 0.5) is 0 Å². The van der Waals surface area contributed by atoms with E-state index in [9.17, 15) is 0 Å². The number of halogens is 1. The third-order valence-corrected chi connectivity index (χ3v) is 32.3.